The Hall–Kier alpha value is -0.260. The molecule has 0 heteroatoms. The molecule has 2 aliphatic rings. The Labute approximate surface area is 50.6 Å². The molecule has 0 N–H and O–H groups in total. The van der Waals surface area contributed by atoms with Gasteiger partial charge >= 0.3 is 0 Å². The van der Waals surface area contributed by atoms with E-state index in [2.05, 4.69) is 13.0 Å². The highest BCUT2D eigenvalue weighted by Gasteiger charge is 2.29. The first kappa shape index (κ1) is 4.60. The minimum atomic E-state index is 0.986. The monoisotopic (exact) mass is 108 g/mol. The third-order valence-electron chi connectivity index (χ3n) is 2.62. The van der Waals surface area contributed by atoms with Gasteiger partial charge in [-0.2, -0.15) is 0 Å². The first-order valence-corrected chi connectivity index (χ1v) is 3.54. The first-order chi connectivity index (χ1) is 3.86. The van der Waals surface area contributed by atoms with Crippen molar-refractivity contribution in [2.75, 3.05) is 0 Å². The predicted octanol–water partition coefficient (Wildman–Crippen LogP) is 2.36. The van der Waals surface area contributed by atoms with Gasteiger partial charge in [0, 0.05) is 0 Å². The fraction of sp³-hybridized carbons (Fsp3) is 0.750. The summed E-state index contributed by atoms with van der Waals surface area (Å²) in [7, 11) is 0. The van der Waals surface area contributed by atoms with Gasteiger partial charge < -0.3 is 0 Å². The van der Waals surface area contributed by atoms with Crippen molar-refractivity contribution < 1.29 is 0 Å². The van der Waals surface area contributed by atoms with Crippen molar-refractivity contribution in [2.24, 2.45) is 11.8 Å². The summed E-state index contributed by atoms with van der Waals surface area (Å²) in [5, 5.41) is 0. The van der Waals surface area contributed by atoms with Crippen LogP contribution in [-0.4, -0.2) is 0 Å². The lowest BCUT2D eigenvalue weighted by Gasteiger charge is -2.05. The van der Waals surface area contributed by atoms with E-state index in [1.165, 1.54) is 19.3 Å². The SMILES string of the molecule is CC1=C[C@H]2CC[C@@H]1C2. The number of hydrogen-bond acceptors (Lipinski definition) is 0. The summed E-state index contributed by atoms with van der Waals surface area (Å²) in [5.74, 6) is 1.99. The summed E-state index contributed by atoms with van der Waals surface area (Å²) >= 11 is 0. The van der Waals surface area contributed by atoms with Crippen LogP contribution >= 0.6 is 0 Å². The van der Waals surface area contributed by atoms with E-state index < -0.39 is 0 Å². The molecule has 0 radical (unpaired) electrons. The third-order valence-corrected chi connectivity index (χ3v) is 2.62. The van der Waals surface area contributed by atoms with E-state index >= 15 is 0 Å². The van der Waals surface area contributed by atoms with Crippen LogP contribution in [0.15, 0.2) is 11.6 Å². The van der Waals surface area contributed by atoms with Gasteiger partial charge in [0.25, 0.3) is 0 Å². The molecule has 0 spiro atoms. The summed E-state index contributed by atoms with van der Waals surface area (Å²) < 4.78 is 0. The quantitative estimate of drug-likeness (QED) is 0.418. The number of rotatable bonds is 0. The highest BCUT2D eigenvalue weighted by Crippen LogP contribution is 2.42. The molecule has 0 aromatic heterocycles. The van der Waals surface area contributed by atoms with Crippen LogP contribution in [0.4, 0.5) is 0 Å². The molecular weight excluding hydrogens is 96.1 g/mol. The second kappa shape index (κ2) is 1.37. The van der Waals surface area contributed by atoms with E-state index in [1.54, 1.807) is 5.57 Å². The van der Waals surface area contributed by atoms with E-state index in [1.807, 2.05) is 0 Å². The molecule has 0 heterocycles. The normalized spacial score (nSPS) is 42.9. The van der Waals surface area contributed by atoms with Gasteiger partial charge in [-0.3, -0.25) is 0 Å². The lowest BCUT2D eigenvalue weighted by Crippen LogP contribution is -1.91. The van der Waals surface area contributed by atoms with Crippen LogP contribution in [0.3, 0.4) is 0 Å². The molecule has 44 valence electrons. The van der Waals surface area contributed by atoms with Crippen LogP contribution in [0.1, 0.15) is 26.2 Å². The Morgan fingerprint density at radius 2 is 2.38 bits per heavy atom. The maximum atomic E-state index is 2.47. The fourth-order valence-electron chi connectivity index (χ4n) is 2.09. The Morgan fingerprint density at radius 1 is 1.50 bits per heavy atom. The van der Waals surface area contributed by atoms with E-state index in [9.17, 15) is 0 Å². The Morgan fingerprint density at radius 3 is 2.62 bits per heavy atom. The van der Waals surface area contributed by atoms with Gasteiger partial charge in [0.05, 0.1) is 0 Å². The van der Waals surface area contributed by atoms with Gasteiger partial charge in [0.2, 0.25) is 0 Å². The lowest BCUT2D eigenvalue weighted by atomic mass is 10.0. The molecule has 0 aromatic rings. The van der Waals surface area contributed by atoms with E-state index in [0.717, 1.165) is 11.8 Å². The molecule has 0 saturated heterocycles. The summed E-state index contributed by atoms with van der Waals surface area (Å²) in [6.45, 7) is 2.28. The van der Waals surface area contributed by atoms with Crippen LogP contribution in [0.25, 0.3) is 0 Å². The van der Waals surface area contributed by atoms with Crippen molar-refractivity contribution in [3.05, 3.63) is 11.6 Å². The molecule has 2 bridgehead atoms. The highest BCUT2D eigenvalue weighted by atomic mass is 14.3. The van der Waals surface area contributed by atoms with Crippen molar-refractivity contribution in [2.45, 2.75) is 26.2 Å². The minimum absolute atomic E-state index is 0.986. The van der Waals surface area contributed by atoms with Crippen molar-refractivity contribution in [1.82, 2.24) is 0 Å². The molecule has 2 aliphatic carbocycles. The molecule has 1 fully saturated rings. The standard InChI is InChI=1S/C8H12/c1-6-4-7-2-3-8(6)5-7/h4,7-8H,2-3,5H2,1H3/t7-,8-/m1/s1. The average molecular weight is 108 g/mol. The third kappa shape index (κ3) is 0.460. The average Bonchev–Trinajstić information content (AvgIpc) is 2.23. The van der Waals surface area contributed by atoms with Crippen LogP contribution in [-0.2, 0) is 0 Å². The Balaban J connectivity index is 2.29. The predicted molar refractivity (Wildman–Crippen MR) is 34.6 cm³/mol. The largest absolute Gasteiger partial charge is 0.0822 e. The molecule has 2 rings (SSSR count). The van der Waals surface area contributed by atoms with Crippen LogP contribution in [0, 0.1) is 11.8 Å². The molecule has 0 amide bonds. The van der Waals surface area contributed by atoms with Crippen molar-refractivity contribution in [3.8, 4) is 0 Å². The summed E-state index contributed by atoms with van der Waals surface area (Å²) in [6.07, 6.45) is 6.90. The topological polar surface area (TPSA) is 0 Å². The van der Waals surface area contributed by atoms with Gasteiger partial charge in [0.1, 0.15) is 0 Å². The number of allylic oxidation sites excluding steroid dienone is 2. The Bertz CT molecular complexity index is 133. The Kier molecular flexibility index (Phi) is 0.787. The second-order valence-electron chi connectivity index (χ2n) is 3.18. The van der Waals surface area contributed by atoms with Gasteiger partial charge in [0.15, 0.2) is 0 Å². The maximum Gasteiger partial charge on any atom is -0.0200 e. The molecular formula is C8H12. The molecule has 0 nitrogen and oxygen atoms in total. The van der Waals surface area contributed by atoms with Gasteiger partial charge in [-0.05, 0) is 38.0 Å². The van der Waals surface area contributed by atoms with E-state index in [4.69, 9.17) is 0 Å². The molecule has 1 saturated carbocycles. The van der Waals surface area contributed by atoms with Crippen molar-refractivity contribution in [1.29, 1.82) is 0 Å². The summed E-state index contributed by atoms with van der Waals surface area (Å²) in [4.78, 5) is 0. The lowest BCUT2D eigenvalue weighted by molar-refractivity contribution is 0.657. The maximum absolute atomic E-state index is 2.47. The fourth-order valence-corrected chi connectivity index (χ4v) is 2.09. The number of fused-ring (bicyclic) bond motifs is 2. The van der Waals surface area contributed by atoms with Crippen LogP contribution < -0.4 is 0 Å². The first-order valence-electron chi connectivity index (χ1n) is 3.54. The minimum Gasteiger partial charge on any atom is -0.0822 e. The van der Waals surface area contributed by atoms with Gasteiger partial charge in [-0.15, -0.1) is 0 Å². The number of hydrogen-bond donors (Lipinski definition) is 0. The van der Waals surface area contributed by atoms with Crippen molar-refractivity contribution in [3.63, 3.8) is 0 Å². The van der Waals surface area contributed by atoms with Gasteiger partial charge in [-0.1, -0.05) is 11.6 Å². The smallest absolute Gasteiger partial charge is 0.0200 e. The summed E-state index contributed by atoms with van der Waals surface area (Å²) in [6, 6.07) is 0. The second-order valence-corrected chi connectivity index (χ2v) is 3.18. The zero-order chi connectivity index (χ0) is 5.56. The zero-order valence-corrected chi connectivity index (χ0v) is 5.35. The van der Waals surface area contributed by atoms with E-state index in [-0.39, 0.29) is 0 Å². The highest BCUT2D eigenvalue weighted by molar-refractivity contribution is 5.16. The molecule has 0 unspecified atom stereocenters. The molecule has 2 atom stereocenters. The molecule has 8 heavy (non-hydrogen) atoms. The molecule has 0 aliphatic heterocycles. The van der Waals surface area contributed by atoms with Crippen LogP contribution in [0.2, 0.25) is 0 Å². The summed E-state index contributed by atoms with van der Waals surface area (Å²) in [5.41, 5.74) is 1.67. The molecule has 0 aromatic carbocycles. The van der Waals surface area contributed by atoms with Crippen LogP contribution in [0.5, 0.6) is 0 Å². The van der Waals surface area contributed by atoms with Gasteiger partial charge in [-0.25, -0.2) is 0 Å². The zero-order valence-electron chi connectivity index (χ0n) is 5.35. The van der Waals surface area contributed by atoms with E-state index in [0.29, 0.717) is 0 Å². The van der Waals surface area contributed by atoms with Crippen molar-refractivity contribution >= 4 is 0 Å².